The maximum absolute atomic E-state index is 12.3. The number of anilines is 1. The Balaban J connectivity index is 1.50. The van der Waals surface area contributed by atoms with Gasteiger partial charge < -0.3 is 14.5 Å². The number of hydrogen-bond acceptors (Lipinski definition) is 3. The van der Waals surface area contributed by atoms with E-state index in [1.807, 2.05) is 53.4 Å². The second-order valence-corrected chi connectivity index (χ2v) is 7.28. The van der Waals surface area contributed by atoms with Crippen LogP contribution in [0.3, 0.4) is 0 Å². The highest BCUT2D eigenvalue weighted by molar-refractivity contribution is 14.1. The van der Waals surface area contributed by atoms with Gasteiger partial charge in [0, 0.05) is 40.5 Å². The number of rotatable bonds is 4. The van der Waals surface area contributed by atoms with Crippen LogP contribution in [0.1, 0.15) is 0 Å². The lowest BCUT2D eigenvalue weighted by atomic mass is 10.2. The molecule has 0 saturated carbocycles. The average molecular weight is 457 g/mol. The van der Waals surface area contributed by atoms with Gasteiger partial charge in [-0.1, -0.05) is 23.7 Å². The summed E-state index contributed by atoms with van der Waals surface area (Å²) in [6, 6.07) is 15.5. The SMILES string of the molecule is O=C(COc1cccc(I)c1)N1CCN(c2cccc(Cl)c2)CC1. The Hall–Kier alpha value is -1.47. The lowest BCUT2D eigenvalue weighted by Crippen LogP contribution is -2.50. The van der Waals surface area contributed by atoms with Crippen LogP contribution in [0, 0.1) is 3.57 Å². The molecule has 0 unspecified atom stereocenters. The van der Waals surface area contributed by atoms with E-state index >= 15 is 0 Å². The molecule has 4 nitrogen and oxygen atoms in total. The van der Waals surface area contributed by atoms with E-state index in [9.17, 15) is 4.79 Å². The number of ether oxygens (including phenoxy) is 1. The average Bonchev–Trinajstić information content (AvgIpc) is 2.60. The van der Waals surface area contributed by atoms with Gasteiger partial charge in [0.1, 0.15) is 5.75 Å². The molecule has 2 aromatic rings. The van der Waals surface area contributed by atoms with Crippen molar-refractivity contribution >= 4 is 45.8 Å². The quantitative estimate of drug-likeness (QED) is 0.658. The fourth-order valence-electron chi connectivity index (χ4n) is 2.68. The van der Waals surface area contributed by atoms with Gasteiger partial charge in [-0.15, -0.1) is 0 Å². The Bertz CT molecular complexity index is 718. The lowest BCUT2D eigenvalue weighted by Gasteiger charge is -2.36. The monoisotopic (exact) mass is 456 g/mol. The van der Waals surface area contributed by atoms with Gasteiger partial charge in [0.2, 0.25) is 0 Å². The first-order chi connectivity index (χ1) is 11.6. The molecule has 1 heterocycles. The number of piperazine rings is 1. The highest BCUT2D eigenvalue weighted by Crippen LogP contribution is 2.21. The topological polar surface area (TPSA) is 32.8 Å². The van der Waals surface area contributed by atoms with Gasteiger partial charge in [0.05, 0.1) is 0 Å². The van der Waals surface area contributed by atoms with Crippen LogP contribution in [0.4, 0.5) is 5.69 Å². The standard InChI is InChI=1S/C18H18ClIN2O2/c19-14-3-1-5-16(11-14)21-7-9-22(10-8-21)18(23)13-24-17-6-2-4-15(20)12-17/h1-6,11-12H,7-10,13H2. The summed E-state index contributed by atoms with van der Waals surface area (Å²) in [4.78, 5) is 16.4. The Morgan fingerprint density at radius 3 is 2.54 bits per heavy atom. The molecular weight excluding hydrogens is 439 g/mol. The van der Waals surface area contributed by atoms with Crippen molar-refractivity contribution in [3.63, 3.8) is 0 Å². The zero-order valence-electron chi connectivity index (χ0n) is 13.1. The summed E-state index contributed by atoms with van der Waals surface area (Å²) in [5, 5.41) is 0.733. The normalized spacial score (nSPS) is 14.6. The van der Waals surface area contributed by atoms with E-state index < -0.39 is 0 Å². The van der Waals surface area contributed by atoms with Crippen molar-refractivity contribution in [2.45, 2.75) is 0 Å². The van der Waals surface area contributed by atoms with Gasteiger partial charge in [0.25, 0.3) is 5.91 Å². The van der Waals surface area contributed by atoms with Gasteiger partial charge in [0.15, 0.2) is 6.61 Å². The molecule has 2 aromatic carbocycles. The summed E-state index contributed by atoms with van der Waals surface area (Å²) in [5.74, 6) is 0.757. The van der Waals surface area contributed by atoms with Gasteiger partial charge in [-0.2, -0.15) is 0 Å². The molecule has 1 saturated heterocycles. The smallest absolute Gasteiger partial charge is 0.260 e. The number of halogens is 2. The first-order valence-corrected chi connectivity index (χ1v) is 9.24. The maximum atomic E-state index is 12.3. The summed E-state index contributed by atoms with van der Waals surface area (Å²) in [5.41, 5.74) is 1.10. The zero-order valence-corrected chi connectivity index (χ0v) is 16.0. The number of carbonyl (C=O) groups is 1. The summed E-state index contributed by atoms with van der Waals surface area (Å²) < 4.78 is 6.69. The predicted octanol–water partition coefficient (Wildman–Crippen LogP) is 3.67. The van der Waals surface area contributed by atoms with Gasteiger partial charge in [-0.05, 0) is 59.0 Å². The number of amides is 1. The van der Waals surface area contributed by atoms with Crippen LogP contribution in [0.15, 0.2) is 48.5 Å². The van der Waals surface area contributed by atoms with Crippen molar-refractivity contribution in [3.05, 3.63) is 57.1 Å². The van der Waals surface area contributed by atoms with Crippen LogP contribution in [-0.4, -0.2) is 43.6 Å². The van der Waals surface area contributed by atoms with E-state index in [-0.39, 0.29) is 12.5 Å². The number of carbonyl (C=O) groups excluding carboxylic acids is 1. The van der Waals surface area contributed by atoms with Crippen molar-refractivity contribution in [2.75, 3.05) is 37.7 Å². The third kappa shape index (κ3) is 4.54. The van der Waals surface area contributed by atoms with Crippen LogP contribution >= 0.6 is 34.2 Å². The molecule has 1 amide bonds. The minimum Gasteiger partial charge on any atom is -0.484 e. The summed E-state index contributed by atoms with van der Waals surface area (Å²) in [6.45, 7) is 3.07. The number of hydrogen-bond donors (Lipinski definition) is 0. The number of benzene rings is 2. The molecule has 0 bridgehead atoms. The molecule has 24 heavy (non-hydrogen) atoms. The summed E-state index contributed by atoms with van der Waals surface area (Å²) in [7, 11) is 0. The van der Waals surface area contributed by atoms with Crippen LogP contribution in [0.25, 0.3) is 0 Å². The molecule has 0 atom stereocenters. The Morgan fingerprint density at radius 1 is 1.08 bits per heavy atom. The molecule has 0 N–H and O–H groups in total. The van der Waals surface area contributed by atoms with E-state index in [1.54, 1.807) is 0 Å². The van der Waals surface area contributed by atoms with Crippen molar-refractivity contribution in [2.24, 2.45) is 0 Å². The predicted molar refractivity (Wildman–Crippen MR) is 105 cm³/mol. The van der Waals surface area contributed by atoms with E-state index in [0.29, 0.717) is 13.1 Å². The van der Waals surface area contributed by atoms with E-state index in [0.717, 1.165) is 33.1 Å². The van der Waals surface area contributed by atoms with Crippen molar-refractivity contribution in [1.82, 2.24) is 4.90 Å². The summed E-state index contributed by atoms with van der Waals surface area (Å²) in [6.07, 6.45) is 0. The van der Waals surface area contributed by atoms with Crippen LogP contribution in [0.5, 0.6) is 5.75 Å². The van der Waals surface area contributed by atoms with Crippen molar-refractivity contribution in [3.8, 4) is 5.75 Å². The minimum atomic E-state index is 0.0274. The summed E-state index contributed by atoms with van der Waals surface area (Å²) >= 11 is 8.27. The van der Waals surface area contributed by atoms with Crippen LogP contribution in [-0.2, 0) is 4.79 Å². The highest BCUT2D eigenvalue weighted by atomic mass is 127. The molecule has 0 aromatic heterocycles. The molecule has 3 rings (SSSR count). The molecule has 0 spiro atoms. The fourth-order valence-corrected chi connectivity index (χ4v) is 3.38. The fraction of sp³-hybridized carbons (Fsp3) is 0.278. The molecule has 1 fully saturated rings. The van der Waals surface area contributed by atoms with Gasteiger partial charge in [-0.3, -0.25) is 4.79 Å². The molecule has 6 heteroatoms. The molecule has 0 radical (unpaired) electrons. The Morgan fingerprint density at radius 2 is 1.83 bits per heavy atom. The first-order valence-electron chi connectivity index (χ1n) is 7.78. The van der Waals surface area contributed by atoms with E-state index in [2.05, 4.69) is 27.5 Å². The molecule has 1 aliphatic rings. The third-order valence-corrected chi connectivity index (χ3v) is 4.87. The van der Waals surface area contributed by atoms with Gasteiger partial charge in [-0.25, -0.2) is 0 Å². The Kier molecular flexibility index (Phi) is 5.84. The molecule has 1 aliphatic heterocycles. The third-order valence-electron chi connectivity index (χ3n) is 3.96. The first kappa shape index (κ1) is 17.4. The second kappa shape index (κ2) is 8.07. The van der Waals surface area contributed by atoms with Crippen LogP contribution in [0.2, 0.25) is 5.02 Å². The van der Waals surface area contributed by atoms with E-state index in [4.69, 9.17) is 16.3 Å². The van der Waals surface area contributed by atoms with Crippen molar-refractivity contribution in [1.29, 1.82) is 0 Å². The van der Waals surface area contributed by atoms with E-state index in [1.165, 1.54) is 0 Å². The zero-order chi connectivity index (χ0) is 16.9. The molecular formula is C18H18ClIN2O2. The minimum absolute atomic E-state index is 0.0274. The van der Waals surface area contributed by atoms with Gasteiger partial charge >= 0.3 is 0 Å². The largest absolute Gasteiger partial charge is 0.484 e. The maximum Gasteiger partial charge on any atom is 0.260 e. The molecule has 0 aliphatic carbocycles. The van der Waals surface area contributed by atoms with Crippen molar-refractivity contribution < 1.29 is 9.53 Å². The highest BCUT2D eigenvalue weighted by Gasteiger charge is 2.21. The van der Waals surface area contributed by atoms with Crippen LogP contribution < -0.4 is 9.64 Å². The lowest BCUT2D eigenvalue weighted by molar-refractivity contribution is -0.133. The number of nitrogens with zero attached hydrogens (tertiary/aromatic N) is 2. The second-order valence-electron chi connectivity index (χ2n) is 5.59. The molecule has 126 valence electrons. The Labute approximate surface area is 160 Å².